The number of rotatable bonds is 3. The van der Waals surface area contributed by atoms with Gasteiger partial charge in [-0.3, -0.25) is 9.80 Å². The predicted octanol–water partition coefficient (Wildman–Crippen LogP) is 2.59. The molecule has 3 nitrogen and oxygen atoms in total. The monoisotopic (exact) mass is 294 g/mol. The number of hydrogen-bond donors (Lipinski definition) is 1. The number of hydrogen-bond acceptors (Lipinski definition) is 3. The molecule has 1 saturated carbocycles. The van der Waals surface area contributed by atoms with Crippen molar-refractivity contribution >= 4 is 0 Å². The lowest BCUT2D eigenvalue weighted by Crippen LogP contribution is -2.56. The topological polar surface area (TPSA) is 26.7 Å². The summed E-state index contributed by atoms with van der Waals surface area (Å²) in [5, 5.41) is 10.4. The zero-order chi connectivity index (χ0) is 15.0. The first-order chi connectivity index (χ1) is 10.0. The molecule has 21 heavy (non-hydrogen) atoms. The second-order valence-electron chi connectivity index (χ2n) is 8.24. The van der Waals surface area contributed by atoms with Gasteiger partial charge in [-0.1, -0.05) is 13.8 Å². The highest BCUT2D eigenvalue weighted by atomic mass is 16.3. The van der Waals surface area contributed by atoms with E-state index in [0.717, 1.165) is 30.8 Å². The third-order valence-corrected chi connectivity index (χ3v) is 6.46. The van der Waals surface area contributed by atoms with Crippen molar-refractivity contribution in [3.05, 3.63) is 0 Å². The summed E-state index contributed by atoms with van der Waals surface area (Å²) in [6.07, 6.45) is 6.18. The standard InChI is InChI=1S/C18H34N2O/c1-13(2)15-6-7-18(21)16(9-15)11-20-12-17-5-4-8-19(17)10-14(20)3/h13-18,21H,4-12H2,1-3H3. The Labute approximate surface area is 130 Å². The Morgan fingerprint density at radius 1 is 1.14 bits per heavy atom. The second kappa shape index (κ2) is 6.55. The number of aliphatic hydroxyl groups is 1. The number of aliphatic hydroxyl groups excluding tert-OH is 1. The highest BCUT2D eigenvalue weighted by Gasteiger charge is 2.37. The minimum Gasteiger partial charge on any atom is -0.393 e. The Morgan fingerprint density at radius 2 is 1.95 bits per heavy atom. The molecule has 5 unspecified atom stereocenters. The maximum absolute atomic E-state index is 10.4. The molecule has 0 aromatic rings. The lowest BCUT2D eigenvalue weighted by molar-refractivity contribution is -0.0114. The molecule has 3 heteroatoms. The van der Waals surface area contributed by atoms with Gasteiger partial charge < -0.3 is 5.11 Å². The maximum Gasteiger partial charge on any atom is 0.0580 e. The lowest BCUT2D eigenvalue weighted by Gasteiger charge is -2.45. The molecule has 0 aromatic heterocycles. The summed E-state index contributed by atoms with van der Waals surface area (Å²) in [4.78, 5) is 5.37. The molecule has 2 aliphatic heterocycles. The van der Waals surface area contributed by atoms with Gasteiger partial charge in [0.25, 0.3) is 0 Å². The fourth-order valence-electron chi connectivity index (χ4n) is 4.89. The molecular formula is C18H34N2O. The summed E-state index contributed by atoms with van der Waals surface area (Å²) in [6.45, 7) is 12.0. The molecule has 1 N–H and O–H groups in total. The Balaban J connectivity index is 1.59. The molecule has 122 valence electrons. The highest BCUT2D eigenvalue weighted by Crippen LogP contribution is 2.35. The van der Waals surface area contributed by atoms with Gasteiger partial charge >= 0.3 is 0 Å². The van der Waals surface area contributed by atoms with Crippen LogP contribution in [0.2, 0.25) is 0 Å². The van der Waals surface area contributed by atoms with E-state index in [2.05, 4.69) is 30.6 Å². The van der Waals surface area contributed by atoms with Crippen LogP contribution in [-0.4, -0.2) is 59.3 Å². The molecule has 2 saturated heterocycles. The van der Waals surface area contributed by atoms with Crippen molar-refractivity contribution in [2.45, 2.75) is 71.1 Å². The fourth-order valence-corrected chi connectivity index (χ4v) is 4.89. The fraction of sp³-hybridized carbons (Fsp3) is 1.00. The minimum atomic E-state index is -0.0613. The first-order valence-corrected chi connectivity index (χ1v) is 9.20. The Kier molecular flexibility index (Phi) is 4.92. The number of nitrogens with zero attached hydrogens (tertiary/aromatic N) is 2. The molecule has 0 radical (unpaired) electrons. The summed E-state index contributed by atoms with van der Waals surface area (Å²) in [7, 11) is 0. The van der Waals surface area contributed by atoms with Gasteiger partial charge in [-0.2, -0.15) is 0 Å². The van der Waals surface area contributed by atoms with E-state index < -0.39 is 0 Å². The van der Waals surface area contributed by atoms with Crippen LogP contribution in [0.3, 0.4) is 0 Å². The molecule has 0 spiro atoms. The van der Waals surface area contributed by atoms with Gasteiger partial charge in [0.1, 0.15) is 0 Å². The van der Waals surface area contributed by atoms with Crippen LogP contribution in [-0.2, 0) is 0 Å². The SMILES string of the molecule is CC(C)C1CCC(O)C(CN2CC3CCCN3CC2C)C1. The second-order valence-corrected chi connectivity index (χ2v) is 8.24. The van der Waals surface area contributed by atoms with Crippen molar-refractivity contribution in [1.29, 1.82) is 0 Å². The van der Waals surface area contributed by atoms with Gasteiger partial charge in [-0.25, -0.2) is 0 Å². The Bertz CT molecular complexity index is 342. The molecule has 3 aliphatic rings. The normalized spacial score (nSPS) is 42.4. The van der Waals surface area contributed by atoms with Gasteiger partial charge in [-0.15, -0.1) is 0 Å². The lowest BCUT2D eigenvalue weighted by atomic mass is 9.74. The molecule has 0 amide bonds. The van der Waals surface area contributed by atoms with Crippen LogP contribution in [0, 0.1) is 17.8 Å². The van der Waals surface area contributed by atoms with Crippen molar-refractivity contribution in [2.75, 3.05) is 26.2 Å². The Morgan fingerprint density at radius 3 is 2.71 bits per heavy atom. The summed E-state index contributed by atoms with van der Waals surface area (Å²) in [5.74, 6) is 2.09. The van der Waals surface area contributed by atoms with Crippen LogP contribution in [0.15, 0.2) is 0 Å². The van der Waals surface area contributed by atoms with Crippen LogP contribution < -0.4 is 0 Å². The molecular weight excluding hydrogens is 260 g/mol. The van der Waals surface area contributed by atoms with Gasteiger partial charge in [-0.05, 0) is 63.3 Å². The van der Waals surface area contributed by atoms with E-state index in [1.54, 1.807) is 0 Å². The van der Waals surface area contributed by atoms with Crippen LogP contribution in [0.4, 0.5) is 0 Å². The third-order valence-electron chi connectivity index (χ3n) is 6.46. The first-order valence-electron chi connectivity index (χ1n) is 9.20. The molecule has 2 heterocycles. The average Bonchev–Trinajstić information content (AvgIpc) is 2.88. The minimum absolute atomic E-state index is 0.0613. The molecule has 1 aliphatic carbocycles. The molecule has 5 atom stereocenters. The maximum atomic E-state index is 10.4. The first kappa shape index (κ1) is 15.8. The van der Waals surface area contributed by atoms with Crippen molar-refractivity contribution in [2.24, 2.45) is 17.8 Å². The van der Waals surface area contributed by atoms with E-state index in [9.17, 15) is 5.11 Å². The third kappa shape index (κ3) is 3.46. The zero-order valence-corrected chi connectivity index (χ0v) is 14.2. The van der Waals surface area contributed by atoms with E-state index in [1.807, 2.05) is 0 Å². The quantitative estimate of drug-likeness (QED) is 0.867. The summed E-state index contributed by atoms with van der Waals surface area (Å²) in [6, 6.07) is 1.45. The molecule has 3 fully saturated rings. The summed E-state index contributed by atoms with van der Waals surface area (Å²) >= 11 is 0. The van der Waals surface area contributed by atoms with Crippen LogP contribution in [0.5, 0.6) is 0 Å². The number of fused-ring (bicyclic) bond motifs is 1. The van der Waals surface area contributed by atoms with E-state index >= 15 is 0 Å². The van der Waals surface area contributed by atoms with E-state index in [4.69, 9.17) is 0 Å². The smallest absolute Gasteiger partial charge is 0.0580 e. The van der Waals surface area contributed by atoms with E-state index in [1.165, 1.54) is 45.3 Å². The van der Waals surface area contributed by atoms with E-state index in [0.29, 0.717) is 12.0 Å². The van der Waals surface area contributed by atoms with Gasteiger partial charge in [0, 0.05) is 31.7 Å². The number of piperazine rings is 1. The van der Waals surface area contributed by atoms with Gasteiger partial charge in [0.2, 0.25) is 0 Å². The Hall–Kier alpha value is -0.120. The van der Waals surface area contributed by atoms with Crippen LogP contribution >= 0.6 is 0 Å². The van der Waals surface area contributed by atoms with Crippen molar-refractivity contribution in [1.82, 2.24) is 9.80 Å². The molecule has 3 rings (SSSR count). The largest absolute Gasteiger partial charge is 0.393 e. The molecule has 0 aromatic carbocycles. The average molecular weight is 294 g/mol. The highest BCUT2D eigenvalue weighted by molar-refractivity contribution is 4.92. The van der Waals surface area contributed by atoms with E-state index in [-0.39, 0.29) is 6.10 Å². The van der Waals surface area contributed by atoms with Crippen molar-refractivity contribution in [3.63, 3.8) is 0 Å². The van der Waals surface area contributed by atoms with Crippen LogP contribution in [0.25, 0.3) is 0 Å². The summed E-state index contributed by atoms with van der Waals surface area (Å²) in [5.41, 5.74) is 0. The molecule has 0 bridgehead atoms. The van der Waals surface area contributed by atoms with Gasteiger partial charge in [0.15, 0.2) is 0 Å². The predicted molar refractivity (Wildman–Crippen MR) is 87.3 cm³/mol. The van der Waals surface area contributed by atoms with Crippen LogP contribution in [0.1, 0.15) is 52.9 Å². The van der Waals surface area contributed by atoms with Gasteiger partial charge in [0.05, 0.1) is 6.10 Å². The zero-order valence-electron chi connectivity index (χ0n) is 14.2. The summed E-state index contributed by atoms with van der Waals surface area (Å²) < 4.78 is 0. The van der Waals surface area contributed by atoms with Crippen molar-refractivity contribution in [3.8, 4) is 0 Å². The van der Waals surface area contributed by atoms with Crippen molar-refractivity contribution < 1.29 is 5.11 Å².